The summed E-state index contributed by atoms with van der Waals surface area (Å²) < 4.78 is 26.3. The summed E-state index contributed by atoms with van der Waals surface area (Å²) in [6, 6.07) is 13.0. The van der Waals surface area contributed by atoms with Crippen LogP contribution in [0.15, 0.2) is 60.8 Å². The van der Waals surface area contributed by atoms with Crippen molar-refractivity contribution < 1.29 is 13.6 Å². The van der Waals surface area contributed by atoms with Gasteiger partial charge in [-0.3, -0.25) is 9.78 Å². The Morgan fingerprint density at radius 1 is 1.00 bits per heavy atom. The predicted octanol–water partition coefficient (Wildman–Crippen LogP) is 4.76. The molecule has 1 amide bonds. The third kappa shape index (κ3) is 4.09. The number of carbonyl (C=O) groups excluding carboxylic acids is 1. The SMILES string of the molecule is O=C(CCc1cc2ccc(F)cc2cn1)N1CC=C(c2ccc(F)cc2)CC1. The number of aryl methyl sites for hydroxylation is 1. The van der Waals surface area contributed by atoms with Crippen LogP contribution in [0.4, 0.5) is 8.78 Å². The molecule has 0 bridgehead atoms. The Morgan fingerprint density at radius 3 is 2.54 bits per heavy atom. The molecule has 4 rings (SSSR count). The molecule has 0 N–H and O–H groups in total. The predicted molar refractivity (Wildman–Crippen MR) is 106 cm³/mol. The Morgan fingerprint density at radius 2 is 1.79 bits per heavy atom. The highest BCUT2D eigenvalue weighted by atomic mass is 19.1. The van der Waals surface area contributed by atoms with E-state index < -0.39 is 0 Å². The Hall–Kier alpha value is -3.08. The van der Waals surface area contributed by atoms with Crippen LogP contribution >= 0.6 is 0 Å². The fraction of sp³-hybridized carbons (Fsp3) is 0.217. The number of halogens is 2. The summed E-state index contributed by atoms with van der Waals surface area (Å²) in [6.45, 7) is 1.22. The Balaban J connectivity index is 1.35. The monoisotopic (exact) mass is 378 g/mol. The molecule has 0 unspecified atom stereocenters. The van der Waals surface area contributed by atoms with Crippen molar-refractivity contribution in [3.05, 3.63) is 83.7 Å². The number of nitrogens with zero attached hydrogens (tertiary/aromatic N) is 2. The molecule has 0 aliphatic carbocycles. The molecule has 0 fully saturated rings. The van der Waals surface area contributed by atoms with Gasteiger partial charge in [0.15, 0.2) is 0 Å². The average molecular weight is 378 g/mol. The molecule has 0 saturated carbocycles. The zero-order valence-electron chi connectivity index (χ0n) is 15.4. The molecule has 1 aliphatic rings. The molecular weight excluding hydrogens is 358 g/mol. The minimum Gasteiger partial charge on any atom is -0.339 e. The van der Waals surface area contributed by atoms with Gasteiger partial charge in [0.05, 0.1) is 0 Å². The van der Waals surface area contributed by atoms with Gasteiger partial charge in [0.2, 0.25) is 5.91 Å². The van der Waals surface area contributed by atoms with Crippen LogP contribution in [-0.4, -0.2) is 28.9 Å². The van der Waals surface area contributed by atoms with Crippen LogP contribution in [0.3, 0.4) is 0 Å². The maximum atomic E-state index is 13.3. The highest BCUT2D eigenvalue weighted by molar-refractivity contribution is 5.82. The highest BCUT2D eigenvalue weighted by Gasteiger charge is 2.18. The van der Waals surface area contributed by atoms with Crippen LogP contribution < -0.4 is 0 Å². The lowest BCUT2D eigenvalue weighted by atomic mass is 9.99. The normalized spacial score (nSPS) is 14.2. The molecule has 28 heavy (non-hydrogen) atoms. The second-order valence-electron chi connectivity index (χ2n) is 6.99. The fourth-order valence-corrected chi connectivity index (χ4v) is 3.51. The number of aromatic nitrogens is 1. The molecule has 3 aromatic rings. The van der Waals surface area contributed by atoms with E-state index in [-0.39, 0.29) is 17.5 Å². The first-order valence-electron chi connectivity index (χ1n) is 9.35. The molecule has 3 nitrogen and oxygen atoms in total. The lowest BCUT2D eigenvalue weighted by molar-refractivity contribution is -0.130. The Bertz CT molecular complexity index is 1040. The minimum absolute atomic E-state index is 0.0930. The lowest BCUT2D eigenvalue weighted by Crippen LogP contribution is -2.34. The smallest absolute Gasteiger partial charge is 0.223 e. The highest BCUT2D eigenvalue weighted by Crippen LogP contribution is 2.23. The van der Waals surface area contributed by atoms with Gasteiger partial charge in [-0.15, -0.1) is 0 Å². The summed E-state index contributed by atoms with van der Waals surface area (Å²) in [6.07, 6.45) is 5.39. The van der Waals surface area contributed by atoms with Gasteiger partial charge >= 0.3 is 0 Å². The van der Waals surface area contributed by atoms with Gasteiger partial charge in [-0.1, -0.05) is 24.3 Å². The van der Waals surface area contributed by atoms with Crippen molar-refractivity contribution in [1.82, 2.24) is 9.88 Å². The molecular formula is C23H20F2N2O. The van der Waals surface area contributed by atoms with Gasteiger partial charge in [-0.25, -0.2) is 8.78 Å². The van der Waals surface area contributed by atoms with Crippen molar-refractivity contribution in [3.63, 3.8) is 0 Å². The Labute approximate surface area is 162 Å². The van der Waals surface area contributed by atoms with Gasteiger partial charge < -0.3 is 4.90 Å². The van der Waals surface area contributed by atoms with Crippen LogP contribution in [0, 0.1) is 11.6 Å². The van der Waals surface area contributed by atoms with E-state index in [2.05, 4.69) is 4.98 Å². The number of hydrogen-bond donors (Lipinski definition) is 0. The van der Waals surface area contributed by atoms with E-state index in [0.29, 0.717) is 25.9 Å². The molecule has 2 heterocycles. The molecule has 0 atom stereocenters. The van der Waals surface area contributed by atoms with Crippen molar-refractivity contribution in [3.8, 4) is 0 Å². The molecule has 1 aromatic heterocycles. The average Bonchev–Trinajstić information content (AvgIpc) is 2.72. The van der Waals surface area contributed by atoms with E-state index in [4.69, 9.17) is 0 Å². The van der Waals surface area contributed by atoms with Crippen LogP contribution in [0.5, 0.6) is 0 Å². The number of pyridine rings is 1. The first-order chi connectivity index (χ1) is 13.6. The first kappa shape index (κ1) is 18.3. The second kappa shape index (κ2) is 7.89. The van der Waals surface area contributed by atoms with Crippen LogP contribution in [0.1, 0.15) is 24.1 Å². The van der Waals surface area contributed by atoms with Crippen molar-refractivity contribution in [2.75, 3.05) is 13.1 Å². The molecule has 0 spiro atoms. The van der Waals surface area contributed by atoms with Gasteiger partial charge in [0.25, 0.3) is 0 Å². The van der Waals surface area contributed by atoms with Gasteiger partial charge in [0, 0.05) is 36.8 Å². The number of benzene rings is 2. The van der Waals surface area contributed by atoms with Crippen molar-refractivity contribution in [2.24, 2.45) is 0 Å². The molecule has 0 radical (unpaired) electrons. The standard InChI is InChI=1S/C23H20F2N2O/c24-20-4-1-16(2-5-20)17-9-11-27(12-10-17)23(28)8-7-22-14-18-3-6-21(25)13-19(18)15-26-22/h1-6,9,13-15H,7-8,10-12H2. The van der Waals surface area contributed by atoms with Crippen molar-refractivity contribution in [1.29, 1.82) is 0 Å². The van der Waals surface area contributed by atoms with E-state index in [1.165, 1.54) is 24.3 Å². The van der Waals surface area contributed by atoms with E-state index in [1.54, 1.807) is 24.4 Å². The molecule has 5 heteroatoms. The number of amides is 1. The Kier molecular flexibility index (Phi) is 5.15. The van der Waals surface area contributed by atoms with Crippen molar-refractivity contribution >= 4 is 22.3 Å². The quantitative estimate of drug-likeness (QED) is 0.656. The summed E-state index contributed by atoms with van der Waals surface area (Å²) in [5, 5.41) is 1.67. The first-order valence-corrected chi connectivity index (χ1v) is 9.35. The zero-order valence-corrected chi connectivity index (χ0v) is 15.4. The number of rotatable bonds is 4. The molecule has 1 aliphatic heterocycles. The van der Waals surface area contributed by atoms with Gasteiger partial charge in [-0.05, 0) is 59.7 Å². The van der Waals surface area contributed by atoms with E-state index >= 15 is 0 Å². The summed E-state index contributed by atoms with van der Waals surface area (Å²) in [5.41, 5.74) is 2.98. The van der Waals surface area contributed by atoms with Crippen LogP contribution in [0.2, 0.25) is 0 Å². The molecule has 142 valence electrons. The third-order valence-corrected chi connectivity index (χ3v) is 5.11. The lowest BCUT2D eigenvalue weighted by Gasteiger charge is -2.26. The largest absolute Gasteiger partial charge is 0.339 e. The molecule has 0 saturated heterocycles. The van der Waals surface area contributed by atoms with Crippen molar-refractivity contribution in [2.45, 2.75) is 19.3 Å². The van der Waals surface area contributed by atoms with E-state index in [1.807, 2.05) is 17.0 Å². The topological polar surface area (TPSA) is 33.2 Å². The maximum Gasteiger partial charge on any atom is 0.223 e. The number of hydrogen-bond acceptors (Lipinski definition) is 2. The summed E-state index contributed by atoms with van der Waals surface area (Å²) in [4.78, 5) is 18.7. The summed E-state index contributed by atoms with van der Waals surface area (Å²) in [5.74, 6) is -0.435. The van der Waals surface area contributed by atoms with Crippen LogP contribution in [0.25, 0.3) is 16.3 Å². The summed E-state index contributed by atoms with van der Waals surface area (Å²) >= 11 is 0. The maximum absolute atomic E-state index is 13.3. The number of fused-ring (bicyclic) bond motifs is 1. The van der Waals surface area contributed by atoms with Gasteiger partial charge in [0.1, 0.15) is 11.6 Å². The fourth-order valence-electron chi connectivity index (χ4n) is 3.51. The van der Waals surface area contributed by atoms with E-state index in [9.17, 15) is 13.6 Å². The second-order valence-corrected chi connectivity index (χ2v) is 6.99. The summed E-state index contributed by atoms with van der Waals surface area (Å²) in [7, 11) is 0. The number of carbonyl (C=O) groups is 1. The molecule has 2 aromatic carbocycles. The van der Waals surface area contributed by atoms with E-state index in [0.717, 1.165) is 34.0 Å². The van der Waals surface area contributed by atoms with Gasteiger partial charge in [-0.2, -0.15) is 0 Å². The third-order valence-electron chi connectivity index (χ3n) is 5.11. The minimum atomic E-state index is -0.282. The zero-order chi connectivity index (χ0) is 19.5. The van der Waals surface area contributed by atoms with Crippen LogP contribution in [-0.2, 0) is 11.2 Å².